The van der Waals surface area contributed by atoms with Crippen LogP contribution in [0.15, 0.2) is 35.2 Å². The zero-order chi connectivity index (χ0) is 18.3. The fourth-order valence-electron chi connectivity index (χ4n) is 2.83. The quantitative estimate of drug-likeness (QED) is 0.376. The molecule has 0 radical (unpaired) electrons. The first-order chi connectivity index (χ1) is 12.0. The molecular weight excluding hydrogens is 346 g/mol. The van der Waals surface area contributed by atoms with Gasteiger partial charge in [-0.3, -0.25) is 8.98 Å². The summed E-state index contributed by atoms with van der Waals surface area (Å²) in [4.78, 5) is 24.2. The molecule has 25 heavy (non-hydrogen) atoms. The second-order valence-corrected chi connectivity index (χ2v) is 7.29. The van der Waals surface area contributed by atoms with Crippen LogP contribution in [-0.4, -0.2) is 53.7 Å². The van der Waals surface area contributed by atoms with Crippen molar-refractivity contribution in [2.45, 2.75) is 43.4 Å². The number of hydrogen-bond donors (Lipinski definition) is 0. The van der Waals surface area contributed by atoms with Crippen molar-refractivity contribution >= 4 is 17.0 Å². The maximum Gasteiger partial charge on any atom is 0.252 e. The van der Waals surface area contributed by atoms with Gasteiger partial charge < -0.3 is 9.64 Å². The molecule has 0 N–H and O–H groups in total. The SMILES string of the molecule is COOCCCC1COC(C)(C)N1C(=O)COS(=O)c1ccccc1. The van der Waals surface area contributed by atoms with E-state index >= 15 is 0 Å². The lowest BCUT2D eigenvalue weighted by molar-refractivity contribution is -0.273. The summed E-state index contributed by atoms with van der Waals surface area (Å²) in [5.74, 6) is -0.246. The summed E-state index contributed by atoms with van der Waals surface area (Å²) in [6, 6.07) is 8.69. The van der Waals surface area contributed by atoms with E-state index in [0.717, 1.165) is 12.8 Å². The number of benzene rings is 1. The smallest absolute Gasteiger partial charge is 0.252 e. The number of amides is 1. The fourth-order valence-corrected chi connectivity index (χ4v) is 3.56. The molecule has 1 saturated heterocycles. The van der Waals surface area contributed by atoms with E-state index in [1.807, 2.05) is 19.9 Å². The molecule has 0 spiro atoms. The Morgan fingerprint density at radius 3 is 2.76 bits per heavy atom. The molecule has 0 aromatic heterocycles. The van der Waals surface area contributed by atoms with E-state index in [2.05, 4.69) is 4.89 Å². The molecule has 2 unspecified atom stereocenters. The van der Waals surface area contributed by atoms with Crippen LogP contribution < -0.4 is 0 Å². The van der Waals surface area contributed by atoms with Crippen LogP contribution >= 0.6 is 0 Å². The van der Waals surface area contributed by atoms with E-state index in [4.69, 9.17) is 13.8 Å². The van der Waals surface area contributed by atoms with Crippen molar-refractivity contribution in [1.29, 1.82) is 0 Å². The summed E-state index contributed by atoms with van der Waals surface area (Å²) in [5.41, 5.74) is -0.721. The molecule has 1 aromatic carbocycles. The van der Waals surface area contributed by atoms with Crippen LogP contribution in [0, 0.1) is 0 Å². The predicted molar refractivity (Wildman–Crippen MR) is 91.7 cm³/mol. The topological polar surface area (TPSA) is 74.3 Å². The molecule has 7 nitrogen and oxygen atoms in total. The van der Waals surface area contributed by atoms with Crippen molar-refractivity contribution in [2.24, 2.45) is 0 Å². The van der Waals surface area contributed by atoms with Crippen molar-refractivity contribution in [3.8, 4) is 0 Å². The minimum Gasteiger partial charge on any atom is -0.354 e. The summed E-state index contributed by atoms with van der Waals surface area (Å²) in [7, 11) is 1.46. The second-order valence-electron chi connectivity index (χ2n) is 6.12. The summed E-state index contributed by atoms with van der Waals surface area (Å²) >= 11 is -1.67. The van der Waals surface area contributed by atoms with Crippen molar-refractivity contribution in [3.63, 3.8) is 0 Å². The number of hydrogen-bond acceptors (Lipinski definition) is 6. The molecule has 140 valence electrons. The highest BCUT2D eigenvalue weighted by molar-refractivity contribution is 7.80. The molecule has 1 heterocycles. The second kappa shape index (κ2) is 9.40. The monoisotopic (exact) mass is 371 g/mol. The minimum atomic E-state index is -1.67. The maximum atomic E-state index is 12.6. The third-order valence-electron chi connectivity index (χ3n) is 3.95. The van der Waals surface area contributed by atoms with E-state index in [1.54, 1.807) is 29.2 Å². The Labute approximate surface area is 150 Å². The van der Waals surface area contributed by atoms with E-state index in [-0.39, 0.29) is 18.6 Å². The molecule has 2 atom stereocenters. The average molecular weight is 371 g/mol. The molecule has 1 amide bonds. The van der Waals surface area contributed by atoms with Crippen LogP contribution in [0.4, 0.5) is 0 Å². The zero-order valence-corrected chi connectivity index (χ0v) is 15.6. The van der Waals surface area contributed by atoms with Crippen molar-refractivity contribution < 1.29 is 27.7 Å². The Hall–Kier alpha value is -1.32. The highest BCUT2D eigenvalue weighted by Crippen LogP contribution is 2.29. The summed E-state index contributed by atoms with van der Waals surface area (Å²) in [6.45, 7) is 4.31. The largest absolute Gasteiger partial charge is 0.354 e. The Morgan fingerprint density at radius 1 is 1.36 bits per heavy atom. The molecule has 1 fully saturated rings. The van der Waals surface area contributed by atoms with Gasteiger partial charge in [-0.15, -0.1) is 0 Å². The van der Waals surface area contributed by atoms with Gasteiger partial charge in [-0.05, 0) is 38.8 Å². The molecule has 2 rings (SSSR count). The van der Waals surface area contributed by atoms with Crippen LogP contribution in [0.1, 0.15) is 26.7 Å². The van der Waals surface area contributed by atoms with Gasteiger partial charge in [0.05, 0.1) is 31.3 Å². The van der Waals surface area contributed by atoms with Gasteiger partial charge in [0, 0.05) is 0 Å². The summed E-state index contributed by atoms with van der Waals surface area (Å²) in [5, 5.41) is 0. The molecule has 8 heteroatoms. The summed E-state index contributed by atoms with van der Waals surface area (Å²) < 4.78 is 23.1. The van der Waals surface area contributed by atoms with E-state index in [9.17, 15) is 9.00 Å². The Morgan fingerprint density at radius 2 is 2.08 bits per heavy atom. The van der Waals surface area contributed by atoms with Gasteiger partial charge >= 0.3 is 0 Å². The lowest BCUT2D eigenvalue weighted by Gasteiger charge is -2.33. The Bertz CT molecular complexity index is 580. The maximum absolute atomic E-state index is 12.6. The van der Waals surface area contributed by atoms with E-state index < -0.39 is 16.8 Å². The van der Waals surface area contributed by atoms with Crippen LogP contribution in [0.5, 0.6) is 0 Å². The molecule has 1 aromatic rings. The van der Waals surface area contributed by atoms with Crippen molar-refractivity contribution in [2.75, 3.05) is 26.9 Å². The first kappa shape index (κ1) is 20.0. The first-order valence-electron chi connectivity index (χ1n) is 8.17. The predicted octanol–water partition coefficient (Wildman–Crippen LogP) is 2.05. The number of carbonyl (C=O) groups is 1. The Balaban J connectivity index is 1.91. The van der Waals surface area contributed by atoms with Gasteiger partial charge in [-0.1, -0.05) is 18.2 Å². The molecular formula is C17H25NO6S. The molecule has 1 aliphatic rings. The zero-order valence-electron chi connectivity index (χ0n) is 14.8. The number of ether oxygens (including phenoxy) is 1. The number of nitrogens with zero attached hydrogens (tertiary/aromatic N) is 1. The highest BCUT2D eigenvalue weighted by atomic mass is 32.2. The van der Waals surface area contributed by atoms with E-state index in [1.165, 1.54) is 7.11 Å². The normalized spacial score (nSPS) is 20.6. The van der Waals surface area contributed by atoms with Crippen LogP contribution in [0.3, 0.4) is 0 Å². The van der Waals surface area contributed by atoms with E-state index in [0.29, 0.717) is 18.1 Å². The van der Waals surface area contributed by atoms with Crippen LogP contribution in [0.2, 0.25) is 0 Å². The van der Waals surface area contributed by atoms with Crippen LogP contribution in [-0.2, 0) is 34.6 Å². The van der Waals surface area contributed by atoms with Gasteiger partial charge in [0.15, 0.2) is 11.1 Å². The van der Waals surface area contributed by atoms with Gasteiger partial charge in [0.2, 0.25) is 0 Å². The van der Waals surface area contributed by atoms with Crippen LogP contribution in [0.25, 0.3) is 0 Å². The van der Waals surface area contributed by atoms with Gasteiger partial charge in [-0.25, -0.2) is 14.0 Å². The lowest BCUT2D eigenvalue weighted by atomic mass is 10.1. The lowest BCUT2D eigenvalue weighted by Crippen LogP contribution is -2.49. The molecule has 1 aliphatic heterocycles. The summed E-state index contributed by atoms with van der Waals surface area (Å²) in [6.07, 6.45) is 1.46. The number of rotatable bonds is 9. The average Bonchev–Trinajstić information content (AvgIpc) is 2.91. The molecule has 0 bridgehead atoms. The molecule has 0 aliphatic carbocycles. The van der Waals surface area contributed by atoms with Gasteiger partial charge in [0.1, 0.15) is 12.3 Å². The van der Waals surface area contributed by atoms with Gasteiger partial charge in [0.25, 0.3) is 5.91 Å². The minimum absolute atomic E-state index is 0.0725. The highest BCUT2D eigenvalue weighted by Gasteiger charge is 2.43. The third-order valence-corrected chi connectivity index (χ3v) is 4.94. The Kier molecular flexibility index (Phi) is 7.52. The first-order valence-corrected chi connectivity index (χ1v) is 9.25. The van der Waals surface area contributed by atoms with Crippen molar-refractivity contribution in [3.05, 3.63) is 30.3 Å². The molecule has 0 saturated carbocycles. The third kappa shape index (κ3) is 5.58. The van der Waals surface area contributed by atoms with Crippen molar-refractivity contribution in [1.82, 2.24) is 4.90 Å². The van der Waals surface area contributed by atoms with Gasteiger partial charge in [-0.2, -0.15) is 0 Å². The number of carbonyl (C=O) groups excluding carboxylic acids is 1. The fraction of sp³-hybridized carbons (Fsp3) is 0.588. The standard InChI is InChI=1S/C17H25NO6S/c1-17(2)18(14(12-22-17)8-7-11-23-21-3)16(19)13-24-25(20)15-9-5-4-6-10-15/h4-6,9-10,14H,7-8,11-13H2,1-3H3.